The summed E-state index contributed by atoms with van der Waals surface area (Å²) in [6, 6.07) is 6.90. The second kappa shape index (κ2) is 15.7. The van der Waals surface area contributed by atoms with E-state index in [1.807, 2.05) is 32.9 Å². The van der Waals surface area contributed by atoms with E-state index in [0.29, 0.717) is 28.4 Å². The van der Waals surface area contributed by atoms with Gasteiger partial charge in [0.1, 0.15) is 26.9 Å². The molecule has 2 fully saturated rings. The molecule has 199 valence electrons. The number of aromatic nitrogens is 2. The maximum absolute atomic E-state index is 12.4. The molecular formula is C23H28Cl2N6O2S2VW. The number of amides is 1. The van der Waals surface area contributed by atoms with Crippen LogP contribution in [0.3, 0.4) is 0 Å². The fraction of sp³-hybridized carbons (Fsp3) is 0.435. The van der Waals surface area contributed by atoms with Crippen molar-refractivity contribution < 1.29 is 49.2 Å². The first-order valence-corrected chi connectivity index (χ1v) is 12.6. The zero-order valence-corrected chi connectivity index (χ0v) is 28.0. The molecule has 0 aromatic carbocycles. The van der Waals surface area contributed by atoms with E-state index >= 15 is 0 Å². The summed E-state index contributed by atoms with van der Waals surface area (Å²) in [5.41, 5.74) is 1.31. The third-order valence-electron chi connectivity index (χ3n) is 5.02. The van der Waals surface area contributed by atoms with E-state index in [2.05, 4.69) is 25.9 Å². The molecule has 2 saturated heterocycles. The Hall–Kier alpha value is -0.837. The minimum absolute atomic E-state index is 0. The molecule has 2 aliphatic heterocycles. The van der Waals surface area contributed by atoms with Crippen molar-refractivity contribution in [3.63, 3.8) is 0 Å². The van der Waals surface area contributed by atoms with Crippen LogP contribution in [0.25, 0.3) is 0 Å². The maximum atomic E-state index is 12.4. The number of carbonyl (C=O) groups is 1. The summed E-state index contributed by atoms with van der Waals surface area (Å²) in [6.07, 6.45) is 2.99. The van der Waals surface area contributed by atoms with Crippen LogP contribution < -0.4 is 16.0 Å². The number of pyridine rings is 2. The number of hydrogen-bond acceptors (Lipinski definition) is 7. The van der Waals surface area contributed by atoms with Crippen molar-refractivity contribution in [3.05, 3.63) is 58.1 Å². The molecule has 0 bridgehead atoms. The molecule has 1 radical (unpaired) electrons. The topological polar surface area (TPSA) is 91.4 Å². The minimum atomic E-state index is -0.549. The Morgan fingerprint density at radius 2 is 1.54 bits per heavy atom. The first kappa shape index (κ1) is 34.2. The third-order valence-corrected chi connectivity index (χ3v) is 6.22. The molecule has 37 heavy (non-hydrogen) atoms. The quantitative estimate of drug-likeness (QED) is 0.306. The molecule has 4 heterocycles. The number of ether oxygens (including phenoxy) is 1. The van der Waals surface area contributed by atoms with Gasteiger partial charge in [-0.05, 0) is 38.5 Å². The molecule has 3 N–H and O–H groups in total. The van der Waals surface area contributed by atoms with Crippen molar-refractivity contribution in [2.24, 2.45) is 0 Å². The van der Waals surface area contributed by atoms with E-state index in [4.69, 9.17) is 52.4 Å². The van der Waals surface area contributed by atoms with Crippen LogP contribution in [-0.2, 0) is 44.4 Å². The number of nitrogens with zero attached hydrogens (tertiary/aromatic N) is 3. The molecule has 2 atom stereocenters. The van der Waals surface area contributed by atoms with Crippen LogP contribution in [0.5, 0.6) is 0 Å². The molecule has 8 nitrogen and oxygen atoms in total. The first-order chi connectivity index (χ1) is 16.5. The van der Waals surface area contributed by atoms with Crippen molar-refractivity contribution in [1.29, 1.82) is 0 Å². The number of thiocarbonyl (C=S) groups is 2. The van der Waals surface area contributed by atoms with Crippen molar-refractivity contribution in [1.82, 2.24) is 30.8 Å². The smallest absolute Gasteiger partial charge is 0.411 e. The Morgan fingerprint density at radius 1 is 0.973 bits per heavy atom. The van der Waals surface area contributed by atoms with Crippen molar-refractivity contribution in [2.45, 2.75) is 38.5 Å². The third kappa shape index (κ3) is 10.3. The molecule has 2 aliphatic rings. The SMILES string of the molecule is CC(C)(C)OC(=O)N1CCNC(=S)C1c1ccc(Cl)nc1.S=C1NCCNC1c1ccc(Cl)nc1.[V].[W]. The molecule has 2 unspecified atom stereocenters. The van der Waals surface area contributed by atoms with Crippen molar-refractivity contribution in [2.75, 3.05) is 26.2 Å². The summed E-state index contributed by atoms with van der Waals surface area (Å²) in [6.45, 7) is 8.43. The van der Waals surface area contributed by atoms with E-state index in [-0.39, 0.29) is 57.8 Å². The summed E-state index contributed by atoms with van der Waals surface area (Å²) >= 11 is 22.1. The Balaban J connectivity index is 0.000000375. The van der Waals surface area contributed by atoms with Crippen LogP contribution in [0.15, 0.2) is 36.7 Å². The molecule has 2 aromatic heterocycles. The van der Waals surface area contributed by atoms with Gasteiger partial charge in [-0.15, -0.1) is 0 Å². The standard InChI is InChI=1S/C14H18ClN3O2S.C9H10ClN3S.V.W/c1-14(2,3)20-13(19)18-7-6-16-12(21)11(18)9-4-5-10(15)17-8-9;10-7-2-1-6(5-13-7)8-9(14)12-4-3-11-8;;/h4-5,8,11H,6-7H2,1-3H3,(H,16,21);1-2,5,8,11H,3-4H2,(H,12,14);;. The van der Waals surface area contributed by atoms with E-state index < -0.39 is 5.60 Å². The Morgan fingerprint density at radius 3 is 2.05 bits per heavy atom. The monoisotopic (exact) mass is 789 g/mol. The molecule has 1 amide bonds. The van der Waals surface area contributed by atoms with Crippen LogP contribution in [0.1, 0.15) is 44.0 Å². The first-order valence-electron chi connectivity index (χ1n) is 11.1. The van der Waals surface area contributed by atoms with Gasteiger partial charge in [-0.3, -0.25) is 4.90 Å². The fourth-order valence-corrected chi connectivity index (χ4v) is 4.40. The van der Waals surface area contributed by atoms with Gasteiger partial charge in [0.15, 0.2) is 0 Å². The van der Waals surface area contributed by atoms with Crippen LogP contribution in [-0.4, -0.2) is 62.7 Å². The average molecular weight is 790 g/mol. The Labute approximate surface area is 264 Å². The normalized spacial score (nSPS) is 19.1. The number of hydrogen-bond donors (Lipinski definition) is 3. The van der Waals surface area contributed by atoms with Crippen LogP contribution >= 0.6 is 47.6 Å². The summed E-state index contributed by atoms with van der Waals surface area (Å²) in [7, 11) is 0. The number of carbonyl (C=O) groups excluding carboxylic acids is 1. The zero-order valence-electron chi connectivity index (χ0n) is 20.5. The van der Waals surface area contributed by atoms with Gasteiger partial charge >= 0.3 is 6.09 Å². The molecule has 0 spiro atoms. The largest absolute Gasteiger partial charge is 0.444 e. The zero-order chi connectivity index (χ0) is 25.6. The minimum Gasteiger partial charge on any atom is -0.444 e. The average Bonchev–Trinajstić information content (AvgIpc) is 2.80. The van der Waals surface area contributed by atoms with Gasteiger partial charge in [0, 0.05) is 83.8 Å². The van der Waals surface area contributed by atoms with Crippen LogP contribution in [0, 0.1) is 0 Å². The summed E-state index contributed by atoms with van der Waals surface area (Å²) in [5.74, 6) is 0. The predicted molar refractivity (Wildman–Crippen MR) is 146 cm³/mol. The molecule has 0 aliphatic carbocycles. The molecule has 2 aromatic rings. The maximum Gasteiger partial charge on any atom is 0.411 e. The summed E-state index contributed by atoms with van der Waals surface area (Å²) in [4.78, 5) is 23.5. The molecule has 0 saturated carbocycles. The second-order valence-electron chi connectivity index (χ2n) is 8.87. The Bertz CT molecular complexity index is 1060. The van der Waals surface area contributed by atoms with Gasteiger partial charge < -0.3 is 20.7 Å². The predicted octanol–water partition coefficient (Wildman–Crippen LogP) is 4.24. The number of nitrogens with one attached hydrogen (secondary N) is 3. The number of halogens is 2. The van der Waals surface area contributed by atoms with Gasteiger partial charge in [-0.25, -0.2) is 14.8 Å². The number of piperazine rings is 2. The van der Waals surface area contributed by atoms with Crippen LogP contribution in [0.2, 0.25) is 10.3 Å². The van der Waals surface area contributed by atoms with Gasteiger partial charge in [0.2, 0.25) is 0 Å². The molecule has 14 heteroatoms. The van der Waals surface area contributed by atoms with Gasteiger partial charge in [-0.2, -0.15) is 0 Å². The van der Waals surface area contributed by atoms with Gasteiger partial charge in [0.25, 0.3) is 0 Å². The molecular weight excluding hydrogens is 762 g/mol. The van der Waals surface area contributed by atoms with E-state index in [1.165, 1.54) is 0 Å². The van der Waals surface area contributed by atoms with Crippen molar-refractivity contribution in [3.8, 4) is 0 Å². The molecule has 4 rings (SSSR count). The van der Waals surface area contributed by atoms with Crippen molar-refractivity contribution >= 4 is 63.7 Å². The van der Waals surface area contributed by atoms with Crippen LogP contribution in [0.4, 0.5) is 4.79 Å². The summed E-state index contributed by atoms with van der Waals surface area (Å²) < 4.78 is 5.45. The number of rotatable bonds is 2. The van der Waals surface area contributed by atoms with E-state index in [9.17, 15) is 4.79 Å². The van der Waals surface area contributed by atoms with E-state index in [0.717, 1.165) is 29.2 Å². The van der Waals surface area contributed by atoms with Gasteiger partial charge in [0.05, 0.1) is 11.0 Å². The van der Waals surface area contributed by atoms with E-state index in [1.54, 1.807) is 29.4 Å². The summed E-state index contributed by atoms with van der Waals surface area (Å²) in [5, 5.41) is 10.5. The van der Waals surface area contributed by atoms with Gasteiger partial charge in [-0.1, -0.05) is 59.8 Å². The fourth-order valence-electron chi connectivity index (χ4n) is 3.49. The Kier molecular flexibility index (Phi) is 14.5. The second-order valence-corrected chi connectivity index (χ2v) is 10.5.